The number of hydrogen-bond donors (Lipinski definition) is 3. The highest BCUT2D eigenvalue weighted by Crippen LogP contribution is 2.21. The number of nitrogens with zero attached hydrogens (tertiary/aromatic N) is 2. The number of carbonyl (C=O) groups excluding carboxylic acids is 2. The Bertz CT molecular complexity index is 522. The number of aromatic nitrogens is 2. The van der Waals surface area contributed by atoms with Gasteiger partial charge in [-0.2, -0.15) is 0 Å². The molecule has 0 fully saturated rings. The maximum atomic E-state index is 12.1. The van der Waals surface area contributed by atoms with Crippen LogP contribution in [0.2, 0.25) is 0 Å². The van der Waals surface area contributed by atoms with Crippen molar-refractivity contribution in [3.63, 3.8) is 0 Å². The molecular formula is C14H23N5O2. The number of carbonyl (C=O) groups is 2. The molecule has 0 aliphatic heterocycles. The summed E-state index contributed by atoms with van der Waals surface area (Å²) in [5.41, 5.74) is 5.68. The van der Waals surface area contributed by atoms with E-state index >= 15 is 0 Å². The number of anilines is 1. The number of nitrogens with two attached hydrogens (primary N) is 1. The molecule has 0 unspecified atom stereocenters. The number of primary amides is 1. The van der Waals surface area contributed by atoms with E-state index in [4.69, 9.17) is 5.73 Å². The molecule has 7 nitrogen and oxygen atoms in total. The van der Waals surface area contributed by atoms with E-state index in [0.29, 0.717) is 5.82 Å². The van der Waals surface area contributed by atoms with Gasteiger partial charge in [-0.15, -0.1) is 0 Å². The van der Waals surface area contributed by atoms with Gasteiger partial charge < -0.3 is 11.1 Å². The first-order valence-corrected chi connectivity index (χ1v) is 6.79. The maximum absolute atomic E-state index is 12.1. The molecule has 1 atom stereocenters. The number of urea groups is 1. The first-order chi connectivity index (χ1) is 9.62. The lowest BCUT2D eigenvalue weighted by Crippen LogP contribution is -2.53. The van der Waals surface area contributed by atoms with Crippen molar-refractivity contribution in [2.45, 2.75) is 46.6 Å². The Kier molecular flexibility index (Phi) is 5.23. The van der Waals surface area contributed by atoms with Crippen LogP contribution < -0.4 is 16.4 Å². The quantitative estimate of drug-likeness (QED) is 0.783. The third-order valence-electron chi connectivity index (χ3n) is 3.02. The monoisotopic (exact) mass is 293 g/mol. The number of rotatable bonds is 4. The highest BCUT2D eigenvalue weighted by atomic mass is 16.2. The van der Waals surface area contributed by atoms with Crippen LogP contribution in [0.4, 0.5) is 10.6 Å². The minimum Gasteiger partial charge on any atom is -0.368 e. The van der Waals surface area contributed by atoms with Crippen molar-refractivity contribution in [3.05, 3.63) is 18.1 Å². The fourth-order valence-electron chi connectivity index (χ4n) is 1.86. The fraction of sp³-hybridized carbons (Fsp3) is 0.571. The van der Waals surface area contributed by atoms with E-state index in [-0.39, 0.29) is 5.92 Å². The van der Waals surface area contributed by atoms with Gasteiger partial charge >= 0.3 is 6.03 Å². The van der Waals surface area contributed by atoms with Crippen molar-refractivity contribution in [2.24, 2.45) is 11.1 Å². The van der Waals surface area contributed by atoms with Crippen LogP contribution in [0.1, 0.15) is 46.1 Å². The molecule has 0 aliphatic rings. The van der Waals surface area contributed by atoms with Crippen LogP contribution in [-0.4, -0.2) is 27.9 Å². The third kappa shape index (κ3) is 4.70. The van der Waals surface area contributed by atoms with Crippen LogP contribution in [0.5, 0.6) is 0 Å². The zero-order valence-corrected chi connectivity index (χ0v) is 13.1. The summed E-state index contributed by atoms with van der Waals surface area (Å²) in [5.74, 6) is 0.00936. The smallest absolute Gasteiger partial charge is 0.321 e. The molecule has 1 rings (SSSR count). The Morgan fingerprint density at radius 2 is 1.90 bits per heavy atom. The molecule has 21 heavy (non-hydrogen) atoms. The lowest BCUT2D eigenvalue weighted by molar-refractivity contribution is -0.122. The zero-order valence-electron chi connectivity index (χ0n) is 13.1. The van der Waals surface area contributed by atoms with Crippen molar-refractivity contribution in [2.75, 3.05) is 5.32 Å². The summed E-state index contributed by atoms with van der Waals surface area (Å²) in [7, 11) is 0. The van der Waals surface area contributed by atoms with Gasteiger partial charge in [0.25, 0.3) is 0 Å². The Balaban J connectivity index is 2.85. The van der Waals surface area contributed by atoms with Crippen molar-refractivity contribution < 1.29 is 9.59 Å². The van der Waals surface area contributed by atoms with E-state index < -0.39 is 23.4 Å². The van der Waals surface area contributed by atoms with Gasteiger partial charge in [-0.1, -0.05) is 34.6 Å². The van der Waals surface area contributed by atoms with E-state index in [1.807, 2.05) is 34.6 Å². The van der Waals surface area contributed by atoms with Crippen molar-refractivity contribution in [1.82, 2.24) is 15.3 Å². The van der Waals surface area contributed by atoms with Gasteiger partial charge in [0.15, 0.2) is 0 Å². The SMILES string of the molecule is CC(C)c1cncnc1NC(=O)N[C@H](C(N)=O)C(C)(C)C. The second-order valence-corrected chi connectivity index (χ2v) is 6.28. The molecule has 0 bridgehead atoms. The predicted octanol–water partition coefficient (Wildman–Crippen LogP) is 1.62. The Labute approximate surface area is 124 Å². The van der Waals surface area contributed by atoms with Crippen LogP contribution in [0.3, 0.4) is 0 Å². The summed E-state index contributed by atoms with van der Waals surface area (Å²) in [6.45, 7) is 9.43. The van der Waals surface area contributed by atoms with E-state index in [9.17, 15) is 9.59 Å². The Hall–Kier alpha value is -2.18. The molecule has 1 heterocycles. The van der Waals surface area contributed by atoms with E-state index in [1.165, 1.54) is 6.33 Å². The molecular weight excluding hydrogens is 270 g/mol. The van der Waals surface area contributed by atoms with E-state index in [0.717, 1.165) is 5.56 Å². The third-order valence-corrected chi connectivity index (χ3v) is 3.02. The van der Waals surface area contributed by atoms with Crippen LogP contribution >= 0.6 is 0 Å². The normalized spacial score (nSPS) is 12.9. The largest absolute Gasteiger partial charge is 0.368 e. The molecule has 4 N–H and O–H groups in total. The highest BCUT2D eigenvalue weighted by molar-refractivity contribution is 5.93. The van der Waals surface area contributed by atoms with Crippen molar-refractivity contribution >= 4 is 17.8 Å². The molecule has 0 aliphatic carbocycles. The minimum atomic E-state index is -0.776. The average molecular weight is 293 g/mol. The van der Waals surface area contributed by atoms with Gasteiger partial charge in [0.05, 0.1) is 0 Å². The maximum Gasteiger partial charge on any atom is 0.321 e. The average Bonchev–Trinajstić information content (AvgIpc) is 2.34. The van der Waals surface area contributed by atoms with Gasteiger partial charge in [0, 0.05) is 11.8 Å². The predicted molar refractivity (Wildman–Crippen MR) is 80.7 cm³/mol. The molecule has 0 spiro atoms. The number of nitrogens with one attached hydrogen (secondary N) is 2. The number of hydrogen-bond acceptors (Lipinski definition) is 4. The Morgan fingerprint density at radius 3 is 2.38 bits per heavy atom. The lowest BCUT2D eigenvalue weighted by atomic mass is 9.86. The minimum absolute atomic E-state index is 0.163. The van der Waals surface area contributed by atoms with Crippen LogP contribution in [0.15, 0.2) is 12.5 Å². The summed E-state index contributed by atoms with van der Waals surface area (Å²) in [6, 6.07) is -1.30. The van der Waals surface area contributed by atoms with E-state index in [2.05, 4.69) is 20.6 Å². The second-order valence-electron chi connectivity index (χ2n) is 6.28. The number of amides is 3. The second kappa shape index (κ2) is 6.51. The van der Waals surface area contributed by atoms with Gasteiger partial charge in [0.1, 0.15) is 18.2 Å². The van der Waals surface area contributed by atoms with Crippen LogP contribution in [0, 0.1) is 5.41 Å². The molecule has 1 aromatic rings. The molecule has 3 amide bonds. The summed E-state index contributed by atoms with van der Waals surface area (Å²) >= 11 is 0. The Morgan fingerprint density at radius 1 is 1.29 bits per heavy atom. The summed E-state index contributed by atoms with van der Waals surface area (Å²) in [6.07, 6.45) is 3.01. The molecule has 116 valence electrons. The van der Waals surface area contributed by atoms with Gasteiger partial charge in [0.2, 0.25) is 5.91 Å². The summed E-state index contributed by atoms with van der Waals surface area (Å²) in [4.78, 5) is 31.5. The lowest BCUT2D eigenvalue weighted by Gasteiger charge is -2.28. The molecule has 0 radical (unpaired) electrons. The van der Waals surface area contributed by atoms with Crippen molar-refractivity contribution in [1.29, 1.82) is 0 Å². The zero-order chi connectivity index (χ0) is 16.2. The summed E-state index contributed by atoms with van der Waals surface area (Å²) in [5, 5.41) is 5.23. The van der Waals surface area contributed by atoms with Crippen molar-refractivity contribution in [3.8, 4) is 0 Å². The van der Waals surface area contributed by atoms with E-state index in [1.54, 1.807) is 6.20 Å². The van der Waals surface area contributed by atoms with Gasteiger partial charge in [-0.3, -0.25) is 10.1 Å². The molecule has 0 aromatic carbocycles. The first-order valence-electron chi connectivity index (χ1n) is 6.79. The van der Waals surface area contributed by atoms with Gasteiger partial charge in [-0.05, 0) is 11.3 Å². The molecule has 1 aromatic heterocycles. The van der Waals surface area contributed by atoms with Gasteiger partial charge in [-0.25, -0.2) is 14.8 Å². The van der Waals surface area contributed by atoms with Crippen LogP contribution in [-0.2, 0) is 4.79 Å². The molecule has 7 heteroatoms. The van der Waals surface area contributed by atoms with Crippen LogP contribution in [0.25, 0.3) is 0 Å². The highest BCUT2D eigenvalue weighted by Gasteiger charge is 2.31. The fourth-order valence-corrected chi connectivity index (χ4v) is 1.86. The topological polar surface area (TPSA) is 110 Å². The standard InChI is InChI=1S/C14H23N5O2/c1-8(2)9-6-16-7-17-12(9)19-13(21)18-10(11(15)20)14(3,4)5/h6-8,10H,1-5H3,(H2,15,20)(H2,16,17,18,19,21)/t10-/m1/s1. The first kappa shape index (κ1) is 16.9. The summed E-state index contributed by atoms with van der Waals surface area (Å²) < 4.78 is 0. The molecule has 0 saturated carbocycles. The molecule has 0 saturated heterocycles.